The molecular formula is C24H33N5O5S. The molecule has 10 nitrogen and oxygen atoms in total. The van der Waals surface area contributed by atoms with Crippen molar-refractivity contribution in [3.63, 3.8) is 0 Å². The molecule has 0 aliphatic heterocycles. The van der Waals surface area contributed by atoms with E-state index in [0.29, 0.717) is 26.3 Å². The van der Waals surface area contributed by atoms with Crippen LogP contribution in [0.5, 0.6) is 0 Å². The number of hydrogen-bond donors (Lipinski definition) is 2. The molecule has 2 aliphatic rings. The fourth-order valence-corrected chi connectivity index (χ4v) is 5.59. The molecule has 0 fully saturated rings. The van der Waals surface area contributed by atoms with E-state index in [1.165, 1.54) is 33.0 Å². The van der Waals surface area contributed by atoms with Crippen LogP contribution in [0.15, 0.2) is 17.2 Å². The van der Waals surface area contributed by atoms with Crippen molar-refractivity contribution in [2.45, 2.75) is 43.6 Å². The number of amides is 3. The van der Waals surface area contributed by atoms with Crippen LogP contribution in [0.25, 0.3) is 0 Å². The van der Waals surface area contributed by atoms with Crippen LogP contribution in [-0.2, 0) is 53.2 Å². The third-order valence-corrected chi connectivity index (χ3v) is 7.53. The molecule has 1 aromatic carbocycles. The van der Waals surface area contributed by atoms with E-state index in [4.69, 9.17) is 9.47 Å². The van der Waals surface area contributed by atoms with Crippen LogP contribution in [0.1, 0.15) is 45.6 Å². The lowest BCUT2D eigenvalue weighted by atomic mass is 9.99. The third kappa shape index (κ3) is 5.57. The predicted molar refractivity (Wildman–Crippen MR) is 132 cm³/mol. The molecule has 0 spiro atoms. The summed E-state index contributed by atoms with van der Waals surface area (Å²) < 4.78 is 27.0. The van der Waals surface area contributed by atoms with E-state index in [0.717, 1.165) is 44.2 Å². The number of rotatable bonds is 10. The SMILES string of the molecule is COCCN(CCOC)C(=O)c1cc(S(=O)NC(=O)Nc2c3c(cc4c2CCC4)CCC3)nn1C. The average Bonchev–Trinajstić information content (AvgIpc) is 3.58. The number of carbonyl (C=O) groups is 2. The minimum Gasteiger partial charge on any atom is -0.383 e. The van der Waals surface area contributed by atoms with Crippen LogP contribution in [0.2, 0.25) is 0 Å². The summed E-state index contributed by atoms with van der Waals surface area (Å²) in [7, 11) is 2.82. The number of fused-ring (bicyclic) bond motifs is 2. The first-order chi connectivity index (χ1) is 16.9. The summed E-state index contributed by atoms with van der Waals surface area (Å²) in [4.78, 5) is 27.5. The van der Waals surface area contributed by atoms with Crippen molar-refractivity contribution >= 4 is 28.6 Å². The first-order valence-corrected chi connectivity index (χ1v) is 13.0. The summed E-state index contributed by atoms with van der Waals surface area (Å²) in [6.07, 6.45) is 6.10. The Morgan fingerprint density at radius 3 is 2.20 bits per heavy atom. The number of hydrogen-bond acceptors (Lipinski definition) is 6. The predicted octanol–water partition coefficient (Wildman–Crippen LogP) is 1.98. The molecule has 1 unspecified atom stereocenters. The Balaban J connectivity index is 1.45. The maximum atomic E-state index is 13.0. The highest BCUT2D eigenvalue weighted by Crippen LogP contribution is 2.38. The second kappa shape index (κ2) is 11.3. The van der Waals surface area contributed by atoms with Crippen LogP contribution < -0.4 is 10.0 Å². The summed E-state index contributed by atoms with van der Waals surface area (Å²) >= 11 is 0. The molecule has 0 radical (unpaired) electrons. The Bertz CT molecular complexity index is 1090. The third-order valence-electron chi connectivity index (χ3n) is 6.58. The van der Waals surface area contributed by atoms with Gasteiger partial charge in [-0.25, -0.2) is 9.00 Å². The highest BCUT2D eigenvalue weighted by molar-refractivity contribution is 7.83. The number of nitrogens with zero attached hydrogens (tertiary/aromatic N) is 3. The smallest absolute Gasteiger partial charge is 0.331 e. The molecule has 1 atom stereocenters. The number of urea groups is 1. The molecule has 4 rings (SSSR count). The van der Waals surface area contributed by atoms with E-state index in [1.54, 1.807) is 26.2 Å². The maximum Gasteiger partial charge on any atom is 0.331 e. The molecule has 2 N–H and O–H groups in total. The van der Waals surface area contributed by atoms with Gasteiger partial charge in [-0.3, -0.25) is 14.2 Å². The minimum atomic E-state index is -1.93. The number of nitrogens with one attached hydrogen (secondary N) is 2. The second-order valence-corrected chi connectivity index (χ2v) is 9.99. The zero-order valence-electron chi connectivity index (χ0n) is 20.5. The topological polar surface area (TPSA) is 115 Å². The van der Waals surface area contributed by atoms with Crippen molar-refractivity contribution in [3.05, 3.63) is 40.1 Å². The van der Waals surface area contributed by atoms with Crippen LogP contribution in [0.4, 0.5) is 10.5 Å². The van der Waals surface area contributed by atoms with Gasteiger partial charge in [-0.2, -0.15) is 5.10 Å². The number of methoxy groups -OCH3 is 2. The molecular weight excluding hydrogens is 470 g/mol. The van der Waals surface area contributed by atoms with Gasteiger partial charge < -0.3 is 19.7 Å². The van der Waals surface area contributed by atoms with Crippen molar-refractivity contribution in [1.82, 2.24) is 19.4 Å². The molecule has 190 valence electrons. The molecule has 11 heteroatoms. The first kappa shape index (κ1) is 25.3. The van der Waals surface area contributed by atoms with Crippen LogP contribution in [-0.4, -0.2) is 71.4 Å². The number of carbonyl (C=O) groups excluding carboxylic acids is 2. The van der Waals surface area contributed by atoms with Gasteiger partial charge in [0.05, 0.1) is 13.2 Å². The Labute approximate surface area is 207 Å². The van der Waals surface area contributed by atoms with E-state index in [2.05, 4.69) is 21.2 Å². The number of ether oxygens (including phenoxy) is 2. The van der Waals surface area contributed by atoms with Gasteiger partial charge in [0.2, 0.25) is 0 Å². The Hall–Kier alpha value is -2.76. The molecule has 3 amide bonds. The van der Waals surface area contributed by atoms with Crippen LogP contribution in [0, 0.1) is 0 Å². The highest BCUT2D eigenvalue weighted by Gasteiger charge is 2.26. The quantitative estimate of drug-likeness (QED) is 0.512. The van der Waals surface area contributed by atoms with Crippen molar-refractivity contribution in [3.8, 4) is 0 Å². The summed E-state index contributed by atoms with van der Waals surface area (Å²) in [5.74, 6) is -0.280. The lowest BCUT2D eigenvalue weighted by molar-refractivity contribution is 0.0617. The Morgan fingerprint density at radius 1 is 1.03 bits per heavy atom. The number of aromatic nitrogens is 2. The minimum absolute atomic E-state index is 0.105. The highest BCUT2D eigenvalue weighted by atomic mass is 32.2. The molecule has 2 aromatic rings. The largest absolute Gasteiger partial charge is 0.383 e. The number of anilines is 1. The maximum absolute atomic E-state index is 13.0. The fraction of sp³-hybridized carbons (Fsp3) is 0.542. The molecule has 1 heterocycles. The molecule has 1 aromatic heterocycles. The Morgan fingerprint density at radius 2 is 1.63 bits per heavy atom. The van der Waals surface area contributed by atoms with Crippen molar-refractivity contribution in [2.24, 2.45) is 7.05 Å². The lowest BCUT2D eigenvalue weighted by Gasteiger charge is -2.21. The van der Waals surface area contributed by atoms with E-state index in [-0.39, 0.29) is 16.6 Å². The van der Waals surface area contributed by atoms with Crippen molar-refractivity contribution in [2.75, 3.05) is 45.8 Å². The van der Waals surface area contributed by atoms with Gasteiger partial charge in [0.15, 0.2) is 16.0 Å². The van der Waals surface area contributed by atoms with Crippen molar-refractivity contribution in [1.29, 1.82) is 0 Å². The zero-order valence-corrected chi connectivity index (χ0v) is 21.3. The van der Waals surface area contributed by atoms with Crippen molar-refractivity contribution < 1.29 is 23.3 Å². The van der Waals surface area contributed by atoms with Gasteiger partial charge in [0.1, 0.15) is 5.69 Å². The average molecular weight is 504 g/mol. The van der Waals surface area contributed by atoms with Gasteiger partial charge >= 0.3 is 6.03 Å². The van der Waals surface area contributed by atoms with Gasteiger partial charge in [-0.15, -0.1) is 0 Å². The summed E-state index contributed by atoms with van der Waals surface area (Å²) in [6.45, 7) is 1.52. The molecule has 35 heavy (non-hydrogen) atoms. The zero-order chi connectivity index (χ0) is 24.9. The van der Waals surface area contributed by atoms with Gasteiger partial charge in [0, 0.05) is 46.1 Å². The molecule has 0 bridgehead atoms. The summed E-state index contributed by atoms with van der Waals surface area (Å²) in [6, 6.07) is 3.20. The van der Waals surface area contributed by atoms with E-state index in [9.17, 15) is 13.8 Å². The normalized spacial score (nSPS) is 14.9. The van der Waals surface area contributed by atoms with Crippen LogP contribution in [0.3, 0.4) is 0 Å². The van der Waals surface area contributed by atoms with E-state index in [1.807, 2.05) is 0 Å². The standard InChI is InChI=1S/C24H33N5O5S/c1-28-20(23(30)29(10-12-33-2)11-13-34-3)15-21(26-28)35(32)27-24(31)25-22-18-8-4-6-16(18)14-17-7-5-9-19(17)22/h14-15H,4-13H2,1-3H3,(H2,25,27,31). The summed E-state index contributed by atoms with van der Waals surface area (Å²) in [5.41, 5.74) is 6.16. The van der Waals surface area contributed by atoms with Crippen LogP contribution >= 0.6 is 0 Å². The fourth-order valence-electron chi connectivity index (χ4n) is 4.85. The second-order valence-electron chi connectivity index (χ2n) is 8.83. The summed E-state index contributed by atoms with van der Waals surface area (Å²) in [5, 5.41) is 7.29. The number of benzene rings is 1. The van der Waals surface area contributed by atoms with Gasteiger partial charge in [0.25, 0.3) is 5.91 Å². The number of aryl methyl sites for hydroxylation is 3. The van der Waals surface area contributed by atoms with Gasteiger partial charge in [-0.1, -0.05) is 6.07 Å². The molecule has 0 saturated carbocycles. The van der Waals surface area contributed by atoms with E-state index < -0.39 is 17.0 Å². The lowest BCUT2D eigenvalue weighted by Crippen LogP contribution is -2.37. The molecule has 2 aliphatic carbocycles. The van der Waals surface area contributed by atoms with Gasteiger partial charge in [-0.05, 0) is 60.8 Å². The van der Waals surface area contributed by atoms with E-state index >= 15 is 0 Å². The molecule has 0 saturated heterocycles. The monoisotopic (exact) mass is 503 g/mol. The first-order valence-electron chi connectivity index (χ1n) is 11.9. The Kier molecular flexibility index (Phi) is 8.19.